The van der Waals surface area contributed by atoms with Crippen LogP contribution in [0.3, 0.4) is 0 Å². The van der Waals surface area contributed by atoms with Crippen LogP contribution >= 0.6 is 15.9 Å². The van der Waals surface area contributed by atoms with Gasteiger partial charge in [-0.15, -0.1) is 0 Å². The molecule has 0 spiro atoms. The minimum Gasteiger partial charge on any atom is -0.480 e. The quantitative estimate of drug-likeness (QED) is 0.904. The Hall–Kier alpha value is -2.08. The fourth-order valence-electron chi connectivity index (χ4n) is 2.53. The Morgan fingerprint density at radius 3 is 2.52 bits per heavy atom. The lowest BCUT2D eigenvalue weighted by molar-refractivity contribution is -0.142. The van der Waals surface area contributed by atoms with Gasteiger partial charge < -0.3 is 14.4 Å². The second kappa shape index (κ2) is 5.37. The van der Waals surface area contributed by atoms with Crippen LogP contribution in [-0.4, -0.2) is 27.9 Å². The highest BCUT2D eigenvalue weighted by molar-refractivity contribution is 9.10. The topological polar surface area (TPSA) is 70.8 Å². The van der Waals surface area contributed by atoms with Crippen molar-refractivity contribution >= 4 is 27.8 Å². The smallest absolute Gasteiger partial charge is 0.326 e. The minimum absolute atomic E-state index is 0.132. The second-order valence-corrected chi connectivity index (χ2v) is 5.65. The maximum atomic E-state index is 12.5. The molecule has 1 atom stereocenters. The van der Waals surface area contributed by atoms with Gasteiger partial charge in [0.1, 0.15) is 6.04 Å². The van der Waals surface area contributed by atoms with Crippen molar-refractivity contribution in [1.29, 1.82) is 0 Å². The molecule has 1 N–H and O–H groups in total. The number of fused-ring (bicyclic) bond motifs is 1. The summed E-state index contributed by atoms with van der Waals surface area (Å²) in [7, 11) is 0. The van der Waals surface area contributed by atoms with E-state index in [0.29, 0.717) is 11.1 Å². The fourth-order valence-corrected chi connectivity index (χ4v) is 2.83. The van der Waals surface area contributed by atoms with Crippen LogP contribution in [0.4, 0.5) is 0 Å². The van der Waals surface area contributed by atoms with Gasteiger partial charge in [-0.05, 0) is 39.2 Å². The molecule has 1 aliphatic heterocycles. The number of nitrogens with zero attached hydrogens (tertiary/aromatic N) is 1. The zero-order valence-corrected chi connectivity index (χ0v) is 12.5. The Kier molecular flexibility index (Phi) is 3.55. The molecular weight excluding hydrogens is 338 g/mol. The van der Waals surface area contributed by atoms with Gasteiger partial charge in [0.05, 0.1) is 0 Å². The van der Waals surface area contributed by atoms with Crippen LogP contribution in [0.5, 0.6) is 0 Å². The number of carbonyl (C=O) groups is 2. The van der Waals surface area contributed by atoms with Gasteiger partial charge in [0, 0.05) is 13.0 Å². The van der Waals surface area contributed by atoms with Gasteiger partial charge in [-0.1, -0.05) is 24.3 Å². The first kappa shape index (κ1) is 13.9. The molecule has 2 aromatic rings. The summed E-state index contributed by atoms with van der Waals surface area (Å²) in [6.07, 6.45) is 0.305. The van der Waals surface area contributed by atoms with Crippen molar-refractivity contribution in [3.05, 3.63) is 58.0 Å². The Labute approximate surface area is 129 Å². The molecule has 0 fully saturated rings. The number of hydrogen-bond acceptors (Lipinski definition) is 3. The average molecular weight is 350 g/mol. The molecule has 1 aromatic heterocycles. The van der Waals surface area contributed by atoms with Gasteiger partial charge in [-0.3, -0.25) is 4.79 Å². The molecule has 1 aliphatic rings. The highest BCUT2D eigenvalue weighted by atomic mass is 79.9. The number of carboxylic acid groups (broad SMARTS) is 1. The molecular formula is C15H12BrNO4. The molecule has 0 aliphatic carbocycles. The lowest BCUT2D eigenvalue weighted by atomic mass is 9.94. The number of halogens is 1. The van der Waals surface area contributed by atoms with Crippen LogP contribution in [0, 0.1) is 0 Å². The summed E-state index contributed by atoms with van der Waals surface area (Å²) in [5.41, 5.74) is 1.93. The van der Waals surface area contributed by atoms with Crippen molar-refractivity contribution in [2.24, 2.45) is 0 Å². The number of aliphatic carboxylic acids is 1. The maximum absolute atomic E-state index is 12.5. The molecule has 108 valence electrons. The van der Waals surface area contributed by atoms with Gasteiger partial charge in [0.2, 0.25) is 0 Å². The van der Waals surface area contributed by atoms with E-state index in [1.54, 1.807) is 6.07 Å². The molecule has 0 saturated heterocycles. The van der Waals surface area contributed by atoms with Crippen molar-refractivity contribution < 1.29 is 19.1 Å². The average Bonchev–Trinajstić information content (AvgIpc) is 2.91. The third-order valence-electron chi connectivity index (χ3n) is 3.58. The number of rotatable bonds is 2. The van der Waals surface area contributed by atoms with E-state index in [4.69, 9.17) is 4.42 Å². The second-order valence-electron chi connectivity index (χ2n) is 4.86. The predicted octanol–water partition coefficient (Wildman–Crippen LogP) is 2.69. The van der Waals surface area contributed by atoms with E-state index in [2.05, 4.69) is 15.9 Å². The Morgan fingerprint density at radius 2 is 1.90 bits per heavy atom. The van der Waals surface area contributed by atoms with E-state index in [1.807, 2.05) is 24.3 Å². The molecule has 0 saturated carbocycles. The zero-order chi connectivity index (χ0) is 15.0. The third kappa shape index (κ3) is 2.58. The number of hydrogen-bond donors (Lipinski definition) is 1. The number of carboxylic acids is 1. The van der Waals surface area contributed by atoms with Crippen LogP contribution in [0.2, 0.25) is 0 Å². The minimum atomic E-state index is -1.01. The summed E-state index contributed by atoms with van der Waals surface area (Å²) in [6.45, 7) is 0.268. The SMILES string of the molecule is O=C(O)[C@H]1Cc2ccccc2CN1C(=O)c1ccc(Br)o1. The molecule has 1 amide bonds. The molecule has 6 heteroatoms. The summed E-state index contributed by atoms with van der Waals surface area (Å²) < 4.78 is 5.69. The highest BCUT2D eigenvalue weighted by Crippen LogP contribution is 2.26. The van der Waals surface area contributed by atoms with Crippen LogP contribution in [0.15, 0.2) is 45.5 Å². The summed E-state index contributed by atoms with van der Waals surface area (Å²) in [5.74, 6) is -1.29. The first-order valence-corrected chi connectivity index (χ1v) is 7.21. The molecule has 3 rings (SSSR count). The molecule has 2 heterocycles. The third-order valence-corrected chi connectivity index (χ3v) is 4.00. The van der Waals surface area contributed by atoms with Gasteiger partial charge in [0.15, 0.2) is 10.4 Å². The zero-order valence-electron chi connectivity index (χ0n) is 11.0. The van der Waals surface area contributed by atoms with E-state index in [1.165, 1.54) is 11.0 Å². The molecule has 5 nitrogen and oxygen atoms in total. The largest absolute Gasteiger partial charge is 0.480 e. The molecule has 1 aromatic carbocycles. The molecule has 0 bridgehead atoms. The predicted molar refractivity (Wildman–Crippen MR) is 77.9 cm³/mol. The standard InChI is InChI=1S/C15H12BrNO4/c16-13-6-5-12(21-13)14(18)17-8-10-4-2-1-3-9(10)7-11(17)15(19)20/h1-6,11H,7-8H2,(H,19,20)/t11-/m1/s1. The van der Waals surface area contributed by atoms with Crippen molar-refractivity contribution in [1.82, 2.24) is 4.90 Å². The first-order chi connectivity index (χ1) is 10.1. The van der Waals surface area contributed by atoms with Crippen molar-refractivity contribution in [2.45, 2.75) is 19.0 Å². The van der Waals surface area contributed by atoms with Gasteiger partial charge >= 0.3 is 5.97 Å². The Morgan fingerprint density at radius 1 is 1.19 bits per heavy atom. The molecule has 0 unspecified atom stereocenters. The summed E-state index contributed by atoms with van der Waals surface area (Å²) in [6, 6.07) is 9.83. The number of furan rings is 1. The van der Waals surface area contributed by atoms with E-state index < -0.39 is 17.9 Å². The van der Waals surface area contributed by atoms with Crippen molar-refractivity contribution in [3.8, 4) is 0 Å². The van der Waals surface area contributed by atoms with E-state index in [9.17, 15) is 14.7 Å². The number of carbonyl (C=O) groups excluding carboxylic acids is 1. The summed E-state index contributed by atoms with van der Waals surface area (Å²) in [4.78, 5) is 25.3. The van der Waals surface area contributed by atoms with Crippen LogP contribution in [-0.2, 0) is 17.8 Å². The lowest BCUT2D eigenvalue weighted by Gasteiger charge is -2.33. The molecule has 21 heavy (non-hydrogen) atoms. The maximum Gasteiger partial charge on any atom is 0.326 e. The van der Waals surface area contributed by atoms with E-state index >= 15 is 0 Å². The summed E-state index contributed by atoms with van der Waals surface area (Å²) >= 11 is 3.14. The molecule has 0 radical (unpaired) electrons. The summed E-state index contributed by atoms with van der Waals surface area (Å²) in [5, 5.41) is 9.40. The fraction of sp³-hybridized carbons (Fsp3) is 0.200. The first-order valence-electron chi connectivity index (χ1n) is 6.42. The van der Waals surface area contributed by atoms with Crippen LogP contribution in [0.25, 0.3) is 0 Å². The van der Waals surface area contributed by atoms with Crippen LogP contribution in [0.1, 0.15) is 21.7 Å². The Bertz CT molecular complexity index is 709. The van der Waals surface area contributed by atoms with E-state index in [0.717, 1.165) is 11.1 Å². The lowest BCUT2D eigenvalue weighted by Crippen LogP contribution is -2.48. The number of benzene rings is 1. The Balaban J connectivity index is 1.96. The van der Waals surface area contributed by atoms with Crippen molar-refractivity contribution in [2.75, 3.05) is 0 Å². The monoisotopic (exact) mass is 349 g/mol. The normalized spacial score (nSPS) is 17.4. The highest BCUT2D eigenvalue weighted by Gasteiger charge is 2.35. The van der Waals surface area contributed by atoms with Gasteiger partial charge in [0.25, 0.3) is 5.91 Å². The number of amides is 1. The van der Waals surface area contributed by atoms with Crippen molar-refractivity contribution in [3.63, 3.8) is 0 Å². The van der Waals surface area contributed by atoms with E-state index in [-0.39, 0.29) is 12.3 Å². The van der Waals surface area contributed by atoms with Gasteiger partial charge in [-0.2, -0.15) is 0 Å². The van der Waals surface area contributed by atoms with Gasteiger partial charge in [-0.25, -0.2) is 4.79 Å². The van der Waals surface area contributed by atoms with Crippen LogP contribution < -0.4 is 0 Å².